The Balaban J connectivity index is 2.12. The summed E-state index contributed by atoms with van der Waals surface area (Å²) in [5.41, 5.74) is 2.90. The van der Waals surface area contributed by atoms with Crippen LogP contribution in [0.1, 0.15) is 50.3 Å². The van der Waals surface area contributed by atoms with Crippen molar-refractivity contribution in [2.45, 2.75) is 51.7 Å². The van der Waals surface area contributed by atoms with Gasteiger partial charge in [0, 0.05) is 6.04 Å². The predicted octanol–water partition coefficient (Wildman–Crippen LogP) is 3.46. The molecular formula is C15H23NO. The molecule has 0 aromatic heterocycles. The average Bonchev–Trinajstić information content (AvgIpc) is 2.78. The van der Waals surface area contributed by atoms with Crippen LogP contribution in [0.2, 0.25) is 0 Å². The molecule has 0 saturated carbocycles. The van der Waals surface area contributed by atoms with E-state index in [1.165, 1.54) is 24.0 Å². The van der Waals surface area contributed by atoms with Crippen molar-refractivity contribution in [2.75, 3.05) is 7.05 Å². The highest BCUT2D eigenvalue weighted by Gasteiger charge is 2.21. The summed E-state index contributed by atoms with van der Waals surface area (Å²) in [4.78, 5) is 0. The summed E-state index contributed by atoms with van der Waals surface area (Å²) in [6.45, 7) is 4.36. The van der Waals surface area contributed by atoms with Crippen LogP contribution >= 0.6 is 0 Å². The third kappa shape index (κ3) is 2.63. The lowest BCUT2D eigenvalue weighted by Crippen LogP contribution is -2.14. The molecular weight excluding hydrogens is 210 g/mol. The zero-order chi connectivity index (χ0) is 12.3. The molecule has 0 bridgehead atoms. The van der Waals surface area contributed by atoms with E-state index < -0.39 is 0 Å². The van der Waals surface area contributed by atoms with Gasteiger partial charge in [-0.3, -0.25) is 0 Å². The number of aryl methyl sites for hydroxylation is 1. The van der Waals surface area contributed by atoms with Crippen molar-refractivity contribution in [1.82, 2.24) is 5.32 Å². The van der Waals surface area contributed by atoms with Gasteiger partial charge in [-0.05, 0) is 56.0 Å². The van der Waals surface area contributed by atoms with Gasteiger partial charge in [0.15, 0.2) is 0 Å². The van der Waals surface area contributed by atoms with Crippen LogP contribution in [0.4, 0.5) is 0 Å². The Morgan fingerprint density at radius 3 is 2.76 bits per heavy atom. The molecule has 1 N–H and O–H groups in total. The number of benzene rings is 1. The van der Waals surface area contributed by atoms with E-state index in [0.29, 0.717) is 12.1 Å². The Hall–Kier alpha value is -1.02. The normalized spacial score (nSPS) is 18.5. The molecule has 1 aliphatic carbocycles. The van der Waals surface area contributed by atoms with Gasteiger partial charge >= 0.3 is 0 Å². The molecule has 0 radical (unpaired) electrons. The van der Waals surface area contributed by atoms with Gasteiger partial charge in [-0.15, -0.1) is 0 Å². The molecule has 2 heteroatoms. The lowest BCUT2D eigenvalue weighted by atomic mass is 10.1. The Morgan fingerprint density at radius 2 is 2.12 bits per heavy atom. The van der Waals surface area contributed by atoms with Crippen molar-refractivity contribution in [2.24, 2.45) is 0 Å². The molecule has 1 aromatic rings. The molecule has 1 atom stereocenters. The molecule has 94 valence electrons. The van der Waals surface area contributed by atoms with Crippen LogP contribution in [-0.4, -0.2) is 13.2 Å². The van der Waals surface area contributed by atoms with Gasteiger partial charge in [-0.2, -0.15) is 0 Å². The molecule has 0 saturated heterocycles. The lowest BCUT2D eigenvalue weighted by molar-refractivity contribution is 0.192. The first-order valence-corrected chi connectivity index (χ1v) is 6.75. The van der Waals surface area contributed by atoms with Crippen LogP contribution in [0.5, 0.6) is 5.75 Å². The molecule has 0 spiro atoms. The predicted molar refractivity (Wildman–Crippen MR) is 71.6 cm³/mol. The SMILES string of the molecule is CCC(CC)Oc1ccc2c(c1)CCC2NC. The van der Waals surface area contributed by atoms with Gasteiger partial charge in [0.05, 0.1) is 6.10 Å². The summed E-state index contributed by atoms with van der Waals surface area (Å²) in [6.07, 6.45) is 4.88. The van der Waals surface area contributed by atoms with E-state index >= 15 is 0 Å². The largest absolute Gasteiger partial charge is 0.490 e. The molecule has 0 aliphatic heterocycles. The quantitative estimate of drug-likeness (QED) is 0.841. The van der Waals surface area contributed by atoms with Gasteiger partial charge in [0.25, 0.3) is 0 Å². The first-order valence-electron chi connectivity index (χ1n) is 6.75. The molecule has 2 rings (SSSR count). The molecule has 0 fully saturated rings. The van der Waals surface area contributed by atoms with E-state index in [4.69, 9.17) is 4.74 Å². The van der Waals surface area contributed by atoms with Crippen molar-refractivity contribution >= 4 is 0 Å². The number of rotatable bonds is 5. The van der Waals surface area contributed by atoms with E-state index in [0.717, 1.165) is 18.6 Å². The fraction of sp³-hybridized carbons (Fsp3) is 0.600. The van der Waals surface area contributed by atoms with Crippen LogP contribution in [0, 0.1) is 0 Å². The third-order valence-corrected chi connectivity index (χ3v) is 3.75. The summed E-state index contributed by atoms with van der Waals surface area (Å²) in [7, 11) is 2.04. The van der Waals surface area contributed by atoms with E-state index in [9.17, 15) is 0 Å². The van der Waals surface area contributed by atoms with Crippen LogP contribution < -0.4 is 10.1 Å². The highest BCUT2D eigenvalue weighted by Crippen LogP contribution is 2.33. The lowest BCUT2D eigenvalue weighted by Gasteiger charge is -2.17. The van der Waals surface area contributed by atoms with Crippen molar-refractivity contribution in [3.05, 3.63) is 29.3 Å². The summed E-state index contributed by atoms with van der Waals surface area (Å²) < 4.78 is 5.99. The topological polar surface area (TPSA) is 21.3 Å². The molecule has 17 heavy (non-hydrogen) atoms. The zero-order valence-corrected chi connectivity index (χ0v) is 11.1. The fourth-order valence-electron chi connectivity index (χ4n) is 2.61. The Bertz CT molecular complexity index is 371. The number of nitrogens with one attached hydrogen (secondary N) is 1. The van der Waals surface area contributed by atoms with Crippen molar-refractivity contribution in [3.8, 4) is 5.75 Å². The second kappa shape index (κ2) is 5.54. The maximum atomic E-state index is 5.99. The van der Waals surface area contributed by atoms with Gasteiger partial charge in [-0.1, -0.05) is 19.9 Å². The van der Waals surface area contributed by atoms with Crippen molar-refractivity contribution in [3.63, 3.8) is 0 Å². The maximum absolute atomic E-state index is 5.99. The zero-order valence-electron chi connectivity index (χ0n) is 11.1. The Kier molecular flexibility index (Phi) is 4.06. The third-order valence-electron chi connectivity index (χ3n) is 3.75. The molecule has 0 heterocycles. The van der Waals surface area contributed by atoms with Crippen LogP contribution in [0.15, 0.2) is 18.2 Å². The summed E-state index contributed by atoms with van der Waals surface area (Å²) in [5.74, 6) is 1.04. The minimum absolute atomic E-state index is 0.356. The van der Waals surface area contributed by atoms with E-state index in [2.05, 4.69) is 37.4 Å². The summed E-state index contributed by atoms with van der Waals surface area (Å²) in [6, 6.07) is 7.10. The van der Waals surface area contributed by atoms with Gasteiger partial charge in [-0.25, -0.2) is 0 Å². The molecule has 0 amide bonds. The fourth-order valence-corrected chi connectivity index (χ4v) is 2.61. The second-order valence-electron chi connectivity index (χ2n) is 4.80. The first-order chi connectivity index (χ1) is 8.28. The summed E-state index contributed by atoms with van der Waals surface area (Å²) in [5, 5.41) is 3.36. The van der Waals surface area contributed by atoms with Crippen molar-refractivity contribution in [1.29, 1.82) is 0 Å². The standard InChI is InChI=1S/C15H23NO/c1-4-12(5-2)17-13-7-8-14-11(10-13)6-9-15(14)16-3/h7-8,10,12,15-16H,4-6,9H2,1-3H3. The van der Waals surface area contributed by atoms with Gasteiger partial charge in [0.1, 0.15) is 5.75 Å². The van der Waals surface area contributed by atoms with Gasteiger partial charge in [0.2, 0.25) is 0 Å². The molecule has 2 nitrogen and oxygen atoms in total. The first kappa shape index (κ1) is 12.4. The maximum Gasteiger partial charge on any atom is 0.120 e. The Morgan fingerprint density at radius 1 is 1.35 bits per heavy atom. The van der Waals surface area contributed by atoms with E-state index in [1.54, 1.807) is 0 Å². The molecule has 1 unspecified atom stereocenters. The molecule has 1 aromatic carbocycles. The number of hydrogen-bond acceptors (Lipinski definition) is 2. The van der Waals surface area contributed by atoms with E-state index in [-0.39, 0.29) is 0 Å². The highest BCUT2D eigenvalue weighted by molar-refractivity contribution is 5.40. The summed E-state index contributed by atoms with van der Waals surface area (Å²) >= 11 is 0. The average molecular weight is 233 g/mol. The van der Waals surface area contributed by atoms with Crippen LogP contribution in [0.3, 0.4) is 0 Å². The smallest absolute Gasteiger partial charge is 0.120 e. The number of hydrogen-bond donors (Lipinski definition) is 1. The van der Waals surface area contributed by atoms with Crippen LogP contribution in [0.25, 0.3) is 0 Å². The highest BCUT2D eigenvalue weighted by atomic mass is 16.5. The minimum Gasteiger partial charge on any atom is -0.490 e. The molecule has 1 aliphatic rings. The van der Waals surface area contributed by atoms with Crippen molar-refractivity contribution < 1.29 is 4.74 Å². The Labute approximate surface area is 104 Å². The second-order valence-corrected chi connectivity index (χ2v) is 4.80. The number of ether oxygens (including phenoxy) is 1. The van der Waals surface area contributed by atoms with Gasteiger partial charge < -0.3 is 10.1 Å². The van der Waals surface area contributed by atoms with E-state index in [1.807, 2.05) is 7.05 Å². The van der Waals surface area contributed by atoms with Crippen LogP contribution in [-0.2, 0) is 6.42 Å². The number of fused-ring (bicyclic) bond motifs is 1. The minimum atomic E-state index is 0.356. The monoisotopic (exact) mass is 233 g/mol.